The minimum Gasteiger partial charge on any atom is -0.396 e. The summed E-state index contributed by atoms with van der Waals surface area (Å²) in [6.07, 6.45) is 9.10. The van der Waals surface area contributed by atoms with Crippen LogP contribution in [0, 0.1) is 0 Å². The molecule has 0 saturated heterocycles. The molecule has 24 heavy (non-hydrogen) atoms. The second kappa shape index (κ2) is 8.81. The monoisotopic (exact) mass is 321 g/mol. The van der Waals surface area contributed by atoms with Crippen LogP contribution >= 0.6 is 0 Å². The second-order valence-corrected chi connectivity index (χ2v) is 6.47. The number of aliphatic hydroxyl groups is 1. The van der Waals surface area contributed by atoms with Crippen molar-refractivity contribution in [2.24, 2.45) is 0 Å². The smallest absolute Gasteiger partial charge is 0.0606 e. The first-order valence-electron chi connectivity index (χ1n) is 9.03. The van der Waals surface area contributed by atoms with Crippen molar-refractivity contribution in [3.63, 3.8) is 0 Å². The van der Waals surface area contributed by atoms with E-state index in [4.69, 9.17) is 0 Å². The Morgan fingerprint density at radius 3 is 2.08 bits per heavy atom. The Kier molecular flexibility index (Phi) is 6.22. The number of hydrogen-bond acceptors (Lipinski definition) is 2. The van der Waals surface area contributed by atoms with Crippen molar-refractivity contribution in [3.05, 3.63) is 83.9 Å². The van der Waals surface area contributed by atoms with E-state index in [1.54, 1.807) is 0 Å². The first kappa shape index (κ1) is 16.9. The van der Waals surface area contributed by atoms with Gasteiger partial charge in [0.15, 0.2) is 0 Å². The molecule has 1 aliphatic rings. The van der Waals surface area contributed by atoms with Crippen LogP contribution in [0.3, 0.4) is 0 Å². The minimum atomic E-state index is 0.228. The number of aliphatic hydroxyl groups excluding tert-OH is 1. The van der Waals surface area contributed by atoms with Crippen LogP contribution in [0.25, 0.3) is 0 Å². The zero-order chi connectivity index (χ0) is 16.6. The Balaban J connectivity index is 1.99. The summed E-state index contributed by atoms with van der Waals surface area (Å²) in [5.74, 6) is 0. The summed E-state index contributed by atoms with van der Waals surface area (Å²) in [4.78, 5) is 2.57. The summed E-state index contributed by atoms with van der Waals surface area (Å²) < 4.78 is 0. The molecular weight excluding hydrogens is 294 g/mol. The van der Waals surface area contributed by atoms with Crippen LogP contribution in [0.2, 0.25) is 0 Å². The highest BCUT2D eigenvalue weighted by atomic mass is 16.3. The van der Waals surface area contributed by atoms with Gasteiger partial charge in [-0.15, -0.1) is 0 Å². The highest BCUT2D eigenvalue weighted by Gasteiger charge is 2.27. The maximum absolute atomic E-state index is 9.39. The lowest BCUT2D eigenvalue weighted by atomic mass is 9.92. The molecule has 0 spiro atoms. The van der Waals surface area contributed by atoms with E-state index >= 15 is 0 Å². The fourth-order valence-corrected chi connectivity index (χ4v) is 3.66. The molecule has 0 aliphatic heterocycles. The summed E-state index contributed by atoms with van der Waals surface area (Å²) in [5, 5.41) is 9.39. The van der Waals surface area contributed by atoms with Crippen molar-refractivity contribution in [1.29, 1.82) is 0 Å². The van der Waals surface area contributed by atoms with Gasteiger partial charge in [-0.2, -0.15) is 0 Å². The molecule has 0 radical (unpaired) electrons. The highest BCUT2D eigenvalue weighted by molar-refractivity contribution is 5.32. The number of nitrogens with zero attached hydrogens (tertiary/aromatic N) is 1. The highest BCUT2D eigenvalue weighted by Crippen LogP contribution is 2.33. The van der Waals surface area contributed by atoms with Crippen LogP contribution < -0.4 is 0 Å². The fraction of sp³-hybridized carbons (Fsp3) is 0.364. The molecule has 1 unspecified atom stereocenters. The van der Waals surface area contributed by atoms with Crippen LogP contribution in [-0.4, -0.2) is 29.2 Å². The van der Waals surface area contributed by atoms with Gasteiger partial charge in [-0.3, -0.25) is 4.90 Å². The van der Waals surface area contributed by atoms with Gasteiger partial charge in [0, 0.05) is 19.2 Å². The normalized spacial score (nSPS) is 17.5. The Bertz CT molecular complexity index is 583. The van der Waals surface area contributed by atoms with Gasteiger partial charge in [0.05, 0.1) is 6.04 Å². The number of benzene rings is 2. The summed E-state index contributed by atoms with van der Waals surface area (Å²) in [6, 6.07) is 22.2. The fourth-order valence-electron chi connectivity index (χ4n) is 3.66. The molecule has 0 amide bonds. The third-order valence-corrected chi connectivity index (χ3v) is 4.79. The van der Waals surface area contributed by atoms with Crippen molar-refractivity contribution in [2.45, 2.75) is 37.8 Å². The largest absolute Gasteiger partial charge is 0.396 e. The van der Waals surface area contributed by atoms with Crippen LogP contribution in [0.4, 0.5) is 0 Å². The topological polar surface area (TPSA) is 23.5 Å². The van der Waals surface area contributed by atoms with E-state index in [1.165, 1.54) is 30.4 Å². The first-order chi connectivity index (χ1) is 11.9. The van der Waals surface area contributed by atoms with Gasteiger partial charge in [0.1, 0.15) is 0 Å². The maximum Gasteiger partial charge on any atom is 0.0606 e. The Morgan fingerprint density at radius 1 is 0.958 bits per heavy atom. The Labute approximate surface area is 145 Å². The van der Waals surface area contributed by atoms with Crippen LogP contribution in [0.5, 0.6) is 0 Å². The van der Waals surface area contributed by atoms with Gasteiger partial charge < -0.3 is 5.11 Å². The van der Waals surface area contributed by atoms with Gasteiger partial charge in [0.2, 0.25) is 0 Å². The van der Waals surface area contributed by atoms with Gasteiger partial charge in [-0.1, -0.05) is 72.8 Å². The van der Waals surface area contributed by atoms with Crippen molar-refractivity contribution in [3.8, 4) is 0 Å². The standard InChI is InChI=1S/C22H27NO/c24-18-10-17-23(21-15-8-3-9-16-21)22(19-11-4-1-5-12-19)20-13-6-2-7-14-20/h1-2,4-8,11-15,21-22,24H,3,9-10,16-18H2. The number of rotatable bonds is 7. The van der Waals surface area contributed by atoms with Gasteiger partial charge in [-0.05, 0) is 36.8 Å². The van der Waals surface area contributed by atoms with Gasteiger partial charge in [-0.25, -0.2) is 0 Å². The van der Waals surface area contributed by atoms with Gasteiger partial charge in [0.25, 0.3) is 0 Å². The van der Waals surface area contributed by atoms with E-state index in [9.17, 15) is 5.11 Å². The first-order valence-corrected chi connectivity index (χ1v) is 9.03. The van der Waals surface area contributed by atoms with E-state index in [0.717, 1.165) is 13.0 Å². The van der Waals surface area contributed by atoms with Gasteiger partial charge >= 0.3 is 0 Å². The maximum atomic E-state index is 9.39. The molecule has 0 heterocycles. The van der Waals surface area contributed by atoms with E-state index < -0.39 is 0 Å². The summed E-state index contributed by atoms with van der Waals surface area (Å²) >= 11 is 0. The molecule has 0 bridgehead atoms. The van der Waals surface area contributed by atoms with Crippen LogP contribution in [0.1, 0.15) is 42.9 Å². The lowest BCUT2D eigenvalue weighted by Gasteiger charge is -2.38. The molecule has 2 heteroatoms. The molecule has 2 aromatic rings. The van der Waals surface area contributed by atoms with Crippen LogP contribution in [0.15, 0.2) is 72.8 Å². The molecule has 1 N–H and O–H groups in total. The molecule has 126 valence electrons. The average Bonchev–Trinajstić information content (AvgIpc) is 2.67. The van der Waals surface area contributed by atoms with E-state index in [1.807, 2.05) is 0 Å². The zero-order valence-electron chi connectivity index (χ0n) is 14.2. The Morgan fingerprint density at radius 2 is 1.58 bits per heavy atom. The van der Waals surface area contributed by atoms with E-state index in [-0.39, 0.29) is 12.6 Å². The molecular formula is C22H27NO. The summed E-state index contributed by atoms with van der Waals surface area (Å²) in [6.45, 7) is 1.14. The van der Waals surface area contributed by atoms with Crippen molar-refractivity contribution in [2.75, 3.05) is 13.2 Å². The number of allylic oxidation sites excluding steroid dienone is 1. The van der Waals surface area contributed by atoms with Crippen molar-refractivity contribution >= 4 is 0 Å². The quantitative estimate of drug-likeness (QED) is 0.755. The average molecular weight is 321 g/mol. The third-order valence-electron chi connectivity index (χ3n) is 4.79. The minimum absolute atomic E-state index is 0.228. The second-order valence-electron chi connectivity index (χ2n) is 6.47. The summed E-state index contributed by atoms with van der Waals surface area (Å²) in [5.41, 5.74) is 2.64. The molecule has 2 nitrogen and oxygen atoms in total. The molecule has 3 rings (SSSR count). The van der Waals surface area contributed by atoms with Crippen LogP contribution in [-0.2, 0) is 0 Å². The van der Waals surface area contributed by atoms with Crippen molar-refractivity contribution < 1.29 is 5.11 Å². The van der Waals surface area contributed by atoms with Crippen molar-refractivity contribution in [1.82, 2.24) is 4.90 Å². The molecule has 0 fully saturated rings. The van der Waals surface area contributed by atoms with E-state index in [2.05, 4.69) is 77.7 Å². The Hall–Kier alpha value is -1.90. The zero-order valence-corrected chi connectivity index (χ0v) is 14.2. The van der Waals surface area contributed by atoms with E-state index in [0.29, 0.717) is 6.04 Å². The molecule has 1 atom stereocenters. The predicted octanol–water partition coefficient (Wildman–Crippen LogP) is 4.57. The third kappa shape index (κ3) is 4.14. The molecule has 2 aromatic carbocycles. The SMILES string of the molecule is OCCCN(C1C=CCCC1)C(c1ccccc1)c1ccccc1. The summed E-state index contributed by atoms with van der Waals surface area (Å²) in [7, 11) is 0. The lowest BCUT2D eigenvalue weighted by molar-refractivity contribution is 0.153. The molecule has 0 aromatic heterocycles. The number of hydrogen-bond donors (Lipinski definition) is 1. The predicted molar refractivity (Wildman–Crippen MR) is 99.9 cm³/mol. The molecule has 0 saturated carbocycles. The molecule has 1 aliphatic carbocycles. The lowest BCUT2D eigenvalue weighted by Crippen LogP contribution is -2.39.